The SMILES string of the molecule is C#CC(CSc1ccc(F)cc1)NCCC. The summed E-state index contributed by atoms with van der Waals surface area (Å²) in [7, 11) is 0. The van der Waals surface area contributed by atoms with E-state index in [-0.39, 0.29) is 11.9 Å². The lowest BCUT2D eigenvalue weighted by Gasteiger charge is -2.11. The summed E-state index contributed by atoms with van der Waals surface area (Å²) in [4.78, 5) is 1.04. The van der Waals surface area contributed by atoms with Gasteiger partial charge in [0.2, 0.25) is 0 Å². The molecule has 0 spiro atoms. The van der Waals surface area contributed by atoms with Crippen LogP contribution in [0.1, 0.15) is 13.3 Å². The highest BCUT2D eigenvalue weighted by atomic mass is 32.2. The van der Waals surface area contributed by atoms with Crippen LogP contribution in [0, 0.1) is 18.2 Å². The van der Waals surface area contributed by atoms with Gasteiger partial charge in [-0.25, -0.2) is 4.39 Å². The van der Waals surface area contributed by atoms with Crippen molar-refractivity contribution in [2.24, 2.45) is 0 Å². The van der Waals surface area contributed by atoms with E-state index in [4.69, 9.17) is 6.42 Å². The van der Waals surface area contributed by atoms with Gasteiger partial charge in [-0.3, -0.25) is 0 Å². The molecular formula is C13H16FNS. The minimum atomic E-state index is -0.207. The van der Waals surface area contributed by atoms with Crippen molar-refractivity contribution in [3.63, 3.8) is 0 Å². The lowest BCUT2D eigenvalue weighted by molar-refractivity contribution is 0.626. The lowest BCUT2D eigenvalue weighted by atomic mass is 10.3. The molecule has 0 aliphatic heterocycles. The molecular weight excluding hydrogens is 221 g/mol. The smallest absolute Gasteiger partial charge is 0.123 e. The van der Waals surface area contributed by atoms with Crippen LogP contribution in [-0.4, -0.2) is 18.3 Å². The van der Waals surface area contributed by atoms with Crippen LogP contribution in [-0.2, 0) is 0 Å². The highest BCUT2D eigenvalue weighted by molar-refractivity contribution is 7.99. The molecule has 1 aromatic rings. The molecule has 86 valence electrons. The summed E-state index contributed by atoms with van der Waals surface area (Å²) < 4.78 is 12.7. The molecule has 0 bridgehead atoms. The average Bonchev–Trinajstić information content (AvgIpc) is 2.32. The Hall–Kier alpha value is -0.980. The molecule has 0 saturated carbocycles. The summed E-state index contributed by atoms with van der Waals surface area (Å²) in [5.41, 5.74) is 0. The molecule has 0 aliphatic carbocycles. The van der Waals surface area contributed by atoms with Gasteiger partial charge in [-0.1, -0.05) is 12.8 Å². The van der Waals surface area contributed by atoms with E-state index in [0.29, 0.717) is 0 Å². The maximum absolute atomic E-state index is 12.7. The van der Waals surface area contributed by atoms with Gasteiger partial charge in [0.05, 0.1) is 6.04 Å². The van der Waals surface area contributed by atoms with Crippen molar-refractivity contribution in [1.29, 1.82) is 0 Å². The van der Waals surface area contributed by atoms with Crippen molar-refractivity contribution in [2.75, 3.05) is 12.3 Å². The first kappa shape index (κ1) is 13.1. The third-order valence-electron chi connectivity index (χ3n) is 2.07. The second kappa shape index (κ2) is 7.32. The molecule has 1 unspecified atom stereocenters. The summed E-state index contributed by atoms with van der Waals surface area (Å²) in [6, 6.07) is 6.55. The second-order valence-electron chi connectivity index (χ2n) is 3.44. The number of benzene rings is 1. The number of hydrogen-bond acceptors (Lipinski definition) is 2. The molecule has 1 N–H and O–H groups in total. The molecule has 0 aliphatic rings. The molecule has 0 radical (unpaired) electrons. The maximum atomic E-state index is 12.7. The quantitative estimate of drug-likeness (QED) is 0.603. The summed E-state index contributed by atoms with van der Waals surface area (Å²) in [5, 5.41) is 3.27. The molecule has 0 amide bonds. The third kappa shape index (κ3) is 4.69. The average molecular weight is 237 g/mol. The van der Waals surface area contributed by atoms with E-state index in [1.807, 2.05) is 0 Å². The van der Waals surface area contributed by atoms with E-state index < -0.39 is 0 Å². The lowest BCUT2D eigenvalue weighted by Crippen LogP contribution is -2.30. The van der Waals surface area contributed by atoms with Crippen LogP contribution in [0.3, 0.4) is 0 Å². The van der Waals surface area contributed by atoms with E-state index >= 15 is 0 Å². The van der Waals surface area contributed by atoms with Gasteiger partial charge in [0.25, 0.3) is 0 Å². The van der Waals surface area contributed by atoms with Crippen LogP contribution >= 0.6 is 11.8 Å². The Balaban J connectivity index is 2.38. The summed E-state index contributed by atoms with van der Waals surface area (Å²) in [6.45, 7) is 3.03. The number of terminal acetylenes is 1. The van der Waals surface area contributed by atoms with Gasteiger partial charge in [0, 0.05) is 10.6 Å². The van der Waals surface area contributed by atoms with Crippen LogP contribution in [0.15, 0.2) is 29.2 Å². The molecule has 0 fully saturated rings. The Labute approximate surface area is 101 Å². The van der Waals surface area contributed by atoms with E-state index in [9.17, 15) is 4.39 Å². The number of rotatable bonds is 6. The molecule has 0 aromatic heterocycles. The zero-order valence-electron chi connectivity index (χ0n) is 9.37. The fourth-order valence-electron chi connectivity index (χ4n) is 1.19. The summed E-state index contributed by atoms with van der Waals surface area (Å²) in [5.74, 6) is 3.31. The van der Waals surface area contributed by atoms with Crippen molar-refractivity contribution < 1.29 is 4.39 Å². The fourth-order valence-corrected chi connectivity index (χ4v) is 2.10. The second-order valence-corrected chi connectivity index (χ2v) is 4.53. The van der Waals surface area contributed by atoms with Crippen LogP contribution in [0.2, 0.25) is 0 Å². The van der Waals surface area contributed by atoms with Crippen molar-refractivity contribution in [3.05, 3.63) is 30.1 Å². The largest absolute Gasteiger partial charge is 0.303 e. The molecule has 1 nitrogen and oxygen atoms in total. The first-order chi connectivity index (χ1) is 7.76. The molecule has 1 atom stereocenters. The number of hydrogen-bond donors (Lipinski definition) is 1. The zero-order chi connectivity index (χ0) is 11.8. The predicted octanol–water partition coefficient (Wildman–Crippen LogP) is 2.92. The van der Waals surface area contributed by atoms with Crippen LogP contribution in [0.5, 0.6) is 0 Å². The standard InChI is InChI=1S/C13H16FNS/c1-3-9-15-12(4-2)10-16-13-7-5-11(14)6-8-13/h2,5-8,12,15H,3,9-10H2,1H3. The van der Waals surface area contributed by atoms with Crippen molar-refractivity contribution >= 4 is 11.8 Å². The minimum absolute atomic E-state index is 0.0787. The number of halogens is 1. The summed E-state index contributed by atoms with van der Waals surface area (Å²) in [6.07, 6.45) is 6.48. The minimum Gasteiger partial charge on any atom is -0.303 e. The van der Waals surface area contributed by atoms with Gasteiger partial charge in [0.1, 0.15) is 5.82 Å². The van der Waals surface area contributed by atoms with Gasteiger partial charge >= 0.3 is 0 Å². The fraction of sp³-hybridized carbons (Fsp3) is 0.385. The Morgan fingerprint density at radius 2 is 2.12 bits per heavy atom. The highest BCUT2D eigenvalue weighted by Crippen LogP contribution is 2.18. The van der Waals surface area contributed by atoms with Gasteiger partial charge in [-0.2, -0.15) is 0 Å². The molecule has 0 saturated heterocycles. The topological polar surface area (TPSA) is 12.0 Å². The van der Waals surface area contributed by atoms with Crippen LogP contribution < -0.4 is 5.32 Å². The number of nitrogens with one attached hydrogen (secondary N) is 1. The zero-order valence-corrected chi connectivity index (χ0v) is 10.2. The molecule has 1 rings (SSSR count). The van der Waals surface area contributed by atoms with Crippen molar-refractivity contribution in [2.45, 2.75) is 24.3 Å². The molecule has 16 heavy (non-hydrogen) atoms. The predicted molar refractivity (Wildman–Crippen MR) is 68.0 cm³/mol. The first-order valence-electron chi connectivity index (χ1n) is 5.34. The Kier molecular flexibility index (Phi) is 5.99. The molecule has 3 heteroatoms. The Morgan fingerprint density at radius 1 is 1.44 bits per heavy atom. The summed E-state index contributed by atoms with van der Waals surface area (Å²) >= 11 is 1.64. The van der Waals surface area contributed by atoms with E-state index in [1.165, 1.54) is 12.1 Å². The van der Waals surface area contributed by atoms with E-state index in [1.54, 1.807) is 23.9 Å². The Bertz CT molecular complexity index is 342. The maximum Gasteiger partial charge on any atom is 0.123 e. The normalized spacial score (nSPS) is 12.1. The Morgan fingerprint density at radius 3 is 2.69 bits per heavy atom. The molecule has 1 aromatic carbocycles. The van der Waals surface area contributed by atoms with E-state index in [2.05, 4.69) is 18.2 Å². The van der Waals surface area contributed by atoms with Gasteiger partial charge in [-0.15, -0.1) is 18.2 Å². The van der Waals surface area contributed by atoms with Crippen LogP contribution in [0.4, 0.5) is 4.39 Å². The number of thioether (sulfide) groups is 1. The highest BCUT2D eigenvalue weighted by Gasteiger charge is 2.04. The van der Waals surface area contributed by atoms with Gasteiger partial charge < -0.3 is 5.32 Å². The van der Waals surface area contributed by atoms with Crippen LogP contribution in [0.25, 0.3) is 0 Å². The van der Waals surface area contributed by atoms with Crippen molar-refractivity contribution in [1.82, 2.24) is 5.32 Å². The van der Waals surface area contributed by atoms with E-state index in [0.717, 1.165) is 23.6 Å². The van der Waals surface area contributed by atoms with Gasteiger partial charge in [-0.05, 0) is 37.2 Å². The van der Waals surface area contributed by atoms with Gasteiger partial charge in [0.15, 0.2) is 0 Å². The van der Waals surface area contributed by atoms with Crippen molar-refractivity contribution in [3.8, 4) is 12.3 Å². The molecule has 0 heterocycles. The third-order valence-corrected chi connectivity index (χ3v) is 3.18. The monoisotopic (exact) mass is 237 g/mol. The first-order valence-corrected chi connectivity index (χ1v) is 6.32.